The first-order valence-corrected chi connectivity index (χ1v) is 11.2. The van der Waals surface area contributed by atoms with Crippen LogP contribution in [0.1, 0.15) is 44.9 Å². The maximum atomic E-state index is 11.7. The van der Waals surface area contributed by atoms with E-state index in [1.54, 1.807) is 0 Å². The largest absolute Gasteiger partial charge is 0.381 e. The van der Waals surface area contributed by atoms with Crippen molar-refractivity contribution in [2.75, 3.05) is 32.6 Å². The van der Waals surface area contributed by atoms with Gasteiger partial charge in [-0.3, -0.25) is 0 Å². The molecular formula is C17H32N2O3S. The average molecular weight is 345 g/mol. The van der Waals surface area contributed by atoms with E-state index in [1.165, 1.54) is 25.5 Å². The van der Waals surface area contributed by atoms with E-state index >= 15 is 0 Å². The molecule has 3 aliphatic rings. The average Bonchev–Trinajstić information content (AvgIpc) is 3.06. The Hall–Kier alpha value is -0.170. The van der Waals surface area contributed by atoms with E-state index in [9.17, 15) is 8.42 Å². The number of piperidine rings is 1. The molecule has 2 saturated heterocycles. The van der Waals surface area contributed by atoms with Gasteiger partial charge in [0.25, 0.3) is 0 Å². The Labute approximate surface area is 140 Å². The fourth-order valence-corrected chi connectivity index (χ4v) is 5.62. The molecule has 2 N–H and O–H groups in total. The fourth-order valence-electron chi connectivity index (χ4n) is 4.49. The second-order valence-corrected chi connectivity index (χ2v) is 10.1. The van der Waals surface area contributed by atoms with Crippen LogP contribution in [0.15, 0.2) is 0 Å². The molecular weight excluding hydrogens is 312 g/mol. The third-order valence-corrected chi connectivity index (χ3v) is 7.73. The highest BCUT2D eigenvalue weighted by molar-refractivity contribution is 7.91. The lowest BCUT2D eigenvalue weighted by Gasteiger charge is -2.39. The first-order valence-electron chi connectivity index (χ1n) is 9.25. The number of nitrogens with one attached hydrogen (secondary N) is 2. The van der Waals surface area contributed by atoms with Gasteiger partial charge in [0.2, 0.25) is 0 Å². The zero-order chi connectivity index (χ0) is 16.3. The van der Waals surface area contributed by atoms with Crippen molar-refractivity contribution in [3.63, 3.8) is 0 Å². The highest BCUT2D eigenvalue weighted by Gasteiger charge is 2.34. The summed E-state index contributed by atoms with van der Waals surface area (Å²) in [7, 11) is -2.85. The molecule has 2 aliphatic heterocycles. The van der Waals surface area contributed by atoms with Gasteiger partial charge in [-0.2, -0.15) is 0 Å². The number of hydrogen-bond donors (Lipinski definition) is 2. The molecule has 2 heterocycles. The first-order chi connectivity index (χ1) is 11.0. The molecule has 134 valence electrons. The van der Waals surface area contributed by atoms with Crippen LogP contribution in [0.25, 0.3) is 0 Å². The molecule has 0 aromatic carbocycles. The molecule has 0 radical (unpaired) electrons. The smallest absolute Gasteiger partial charge is 0.150 e. The zero-order valence-electron chi connectivity index (χ0n) is 14.3. The van der Waals surface area contributed by atoms with E-state index in [4.69, 9.17) is 4.74 Å². The second kappa shape index (κ2) is 7.81. The highest BCUT2D eigenvalue weighted by Crippen LogP contribution is 2.32. The van der Waals surface area contributed by atoms with E-state index < -0.39 is 9.84 Å². The maximum Gasteiger partial charge on any atom is 0.150 e. The van der Waals surface area contributed by atoms with Crippen molar-refractivity contribution in [2.45, 2.75) is 62.3 Å². The SMILES string of the molecule is CS(=O)(=O)C1CCC(C2CC(NCC3CCOC3)CCN2)CC1. The summed E-state index contributed by atoms with van der Waals surface area (Å²) in [4.78, 5) is 0. The number of sulfone groups is 1. The van der Waals surface area contributed by atoms with Gasteiger partial charge in [0.1, 0.15) is 9.84 Å². The molecule has 0 bridgehead atoms. The number of ether oxygens (including phenoxy) is 1. The van der Waals surface area contributed by atoms with Crippen molar-refractivity contribution in [3.05, 3.63) is 0 Å². The van der Waals surface area contributed by atoms with Gasteiger partial charge < -0.3 is 15.4 Å². The van der Waals surface area contributed by atoms with E-state index in [2.05, 4.69) is 10.6 Å². The Kier molecular flexibility index (Phi) is 5.99. The zero-order valence-corrected chi connectivity index (χ0v) is 15.1. The normalized spacial score (nSPS) is 39.4. The predicted octanol–water partition coefficient (Wildman–Crippen LogP) is 1.34. The van der Waals surface area contributed by atoms with Gasteiger partial charge >= 0.3 is 0 Å². The summed E-state index contributed by atoms with van der Waals surface area (Å²) in [6.07, 6.45) is 8.76. The minimum atomic E-state index is -2.85. The molecule has 0 aromatic rings. The molecule has 3 unspecified atom stereocenters. The van der Waals surface area contributed by atoms with Gasteiger partial charge in [-0.25, -0.2) is 8.42 Å². The molecule has 0 amide bonds. The van der Waals surface area contributed by atoms with Crippen LogP contribution in [-0.2, 0) is 14.6 Å². The van der Waals surface area contributed by atoms with E-state index in [1.807, 2.05) is 0 Å². The second-order valence-electron chi connectivity index (χ2n) is 7.79. The summed E-state index contributed by atoms with van der Waals surface area (Å²) in [5, 5.41) is 7.34. The molecule has 3 atom stereocenters. The van der Waals surface area contributed by atoms with E-state index in [-0.39, 0.29) is 5.25 Å². The summed E-state index contributed by atoms with van der Waals surface area (Å²) < 4.78 is 28.8. The molecule has 0 spiro atoms. The van der Waals surface area contributed by atoms with Crippen molar-refractivity contribution in [3.8, 4) is 0 Å². The van der Waals surface area contributed by atoms with Crippen LogP contribution < -0.4 is 10.6 Å². The van der Waals surface area contributed by atoms with Gasteiger partial charge in [0.05, 0.1) is 11.9 Å². The van der Waals surface area contributed by atoms with Crippen molar-refractivity contribution >= 4 is 9.84 Å². The van der Waals surface area contributed by atoms with E-state index in [0.29, 0.717) is 23.9 Å². The summed E-state index contributed by atoms with van der Waals surface area (Å²) >= 11 is 0. The molecule has 0 aromatic heterocycles. The molecule has 1 aliphatic carbocycles. The van der Waals surface area contributed by atoms with Crippen molar-refractivity contribution in [2.24, 2.45) is 11.8 Å². The Balaban J connectivity index is 1.43. The minimum absolute atomic E-state index is 0.0985. The van der Waals surface area contributed by atoms with Crippen LogP contribution in [0.3, 0.4) is 0 Å². The monoisotopic (exact) mass is 344 g/mol. The Morgan fingerprint density at radius 3 is 2.57 bits per heavy atom. The fraction of sp³-hybridized carbons (Fsp3) is 1.00. The quantitative estimate of drug-likeness (QED) is 0.788. The molecule has 23 heavy (non-hydrogen) atoms. The van der Waals surface area contributed by atoms with Gasteiger partial charge in [0.15, 0.2) is 0 Å². The van der Waals surface area contributed by atoms with Crippen molar-refractivity contribution in [1.29, 1.82) is 0 Å². The van der Waals surface area contributed by atoms with Crippen LogP contribution in [0.2, 0.25) is 0 Å². The number of rotatable bonds is 5. The lowest BCUT2D eigenvalue weighted by molar-refractivity contribution is 0.180. The van der Waals surface area contributed by atoms with Gasteiger partial charge in [-0.15, -0.1) is 0 Å². The van der Waals surface area contributed by atoms with Gasteiger partial charge in [-0.1, -0.05) is 0 Å². The molecule has 1 saturated carbocycles. The van der Waals surface area contributed by atoms with Crippen LogP contribution >= 0.6 is 0 Å². The Morgan fingerprint density at radius 2 is 1.91 bits per heavy atom. The molecule has 6 heteroatoms. The summed E-state index contributed by atoms with van der Waals surface area (Å²) in [5.74, 6) is 1.33. The topological polar surface area (TPSA) is 67.4 Å². The van der Waals surface area contributed by atoms with Crippen LogP contribution in [-0.4, -0.2) is 58.3 Å². The Bertz CT molecular complexity index is 468. The Morgan fingerprint density at radius 1 is 1.13 bits per heavy atom. The summed E-state index contributed by atoms with van der Waals surface area (Å²) in [6, 6.07) is 1.16. The summed E-state index contributed by atoms with van der Waals surface area (Å²) in [6.45, 7) is 4.00. The lowest BCUT2D eigenvalue weighted by Crippen LogP contribution is -2.50. The minimum Gasteiger partial charge on any atom is -0.381 e. The predicted molar refractivity (Wildman–Crippen MR) is 92.3 cm³/mol. The van der Waals surface area contributed by atoms with Crippen LogP contribution in [0.5, 0.6) is 0 Å². The lowest BCUT2D eigenvalue weighted by atomic mass is 9.79. The first kappa shape index (κ1) is 17.6. The molecule has 5 nitrogen and oxygen atoms in total. The van der Waals surface area contributed by atoms with Crippen LogP contribution in [0, 0.1) is 11.8 Å². The molecule has 3 rings (SSSR count). The van der Waals surface area contributed by atoms with Gasteiger partial charge in [0, 0.05) is 31.5 Å². The third-order valence-electron chi connectivity index (χ3n) is 6.05. The van der Waals surface area contributed by atoms with Crippen LogP contribution in [0.4, 0.5) is 0 Å². The van der Waals surface area contributed by atoms with Gasteiger partial charge in [-0.05, 0) is 63.3 Å². The maximum absolute atomic E-state index is 11.7. The molecule has 3 fully saturated rings. The summed E-state index contributed by atoms with van der Waals surface area (Å²) in [5.41, 5.74) is 0. The highest BCUT2D eigenvalue weighted by atomic mass is 32.2. The standard InChI is InChI=1S/C17H32N2O3S/c1-23(20,21)16-4-2-14(3-5-16)17-10-15(6-8-18-17)19-11-13-7-9-22-12-13/h13-19H,2-12H2,1H3. The third kappa shape index (κ3) is 4.91. The van der Waals surface area contributed by atoms with Crippen molar-refractivity contribution < 1.29 is 13.2 Å². The number of hydrogen-bond acceptors (Lipinski definition) is 5. The van der Waals surface area contributed by atoms with Crippen molar-refractivity contribution in [1.82, 2.24) is 10.6 Å². The van der Waals surface area contributed by atoms with E-state index in [0.717, 1.165) is 52.0 Å².